The van der Waals surface area contributed by atoms with Crippen molar-refractivity contribution in [2.24, 2.45) is 0 Å². The molecule has 1 heterocycles. The van der Waals surface area contributed by atoms with E-state index in [9.17, 15) is 0 Å². The Bertz CT molecular complexity index is 433. The number of aryl methyl sites for hydroxylation is 1. The molecule has 0 amide bonds. The van der Waals surface area contributed by atoms with Gasteiger partial charge in [-0.15, -0.1) is 0 Å². The van der Waals surface area contributed by atoms with Crippen LogP contribution in [0, 0.1) is 0 Å². The number of nitrogens with one attached hydrogen (secondary N) is 1. The molecule has 112 valence electrons. The Labute approximate surface area is 132 Å². The van der Waals surface area contributed by atoms with Crippen molar-refractivity contribution in [3.05, 3.63) is 28.2 Å². The van der Waals surface area contributed by atoms with Gasteiger partial charge in [0.05, 0.1) is 0 Å². The lowest BCUT2D eigenvalue weighted by Gasteiger charge is -2.40. The number of anilines is 1. The summed E-state index contributed by atoms with van der Waals surface area (Å²) in [6, 6.07) is 8.03. The van der Waals surface area contributed by atoms with Crippen LogP contribution in [-0.4, -0.2) is 25.2 Å². The molecule has 2 nitrogen and oxygen atoms in total. The molecule has 1 fully saturated rings. The summed E-state index contributed by atoms with van der Waals surface area (Å²) in [4.78, 5) is 2.59. The third-order valence-corrected chi connectivity index (χ3v) is 4.78. The number of hydrogen-bond donors (Lipinski definition) is 1. The third-order valence-electron chi connectivity index (χ3n) is 4.29. The van der Waals surface area contributed by atoms with Gasteiger partial charge in [0.25, 0.3) is 0 Å². The van der Waals surface area contributed by atoms with Crippen molar-refractivity contribution in [3.63, 3.8) is 0 Å². The Morgan fingerprint density at radius 3 is 2.80 bits per heavy atom. The molecule has 20 heavy (non-hydrogen) atoms. The largest absolute Gasteiger partial charge is 0.368 e. The first-order chi connectivity index (χ1) is 9.65. The van der Waals surface area contributed by atoms with E-state index in [-0.39, 0.29) is 0 Å². The predicted octanol–water partition coefficient (Wildman–Crippen LogP) is 4.37. The van der Waals surface area contributed by atoms with Crippen LogP contribution in [0.25, 0.3) is 0 Å². The summed E-state index contributed by atoms with van der Waals surface area (Å²) < 4.78 is 1.19. The van der Waals surface area contributed by atoms with Gasteiger partial charge in [0.15, 0.2) is 0 Å². The molecular weight excluding hydrogens is 312 g/mol. The highest BCUT2D eigenvalue weighted by Gasteiger charge is 2.26. The van der Waals surface area contributed by atoms with Crippen molar-refractivity contribution in [2.75, 3.05) is 18.0 Å². The second-order valence-corrected chi connectivity index (χ2v) is 6.76. The fourth-order valence-electron chi connectivity index (χ4n) is 3.18. The van der Waals surface area contributed by atoms with Crippen molar-refractivity contribution in [1.82, 2.24) is 5.32 Å². The zero-order valence-corrected chi connectivity index (χ0v) is 14.5. The first-order valence-electron chi connectivity index (χ1n) is 7.94. The van der Waals surface area contributed by atoms with Crippen LogP contribution in [0.15, 0.2) is 22.7 Å². The molecule has 1 aromatic rings. The summed E-state index contributed by atoms with van der Waals surface area (Å²) in [6.07, 6.45) is 4.82. The van der Waals surface area contributed by atoms with Gasteiger partial charge in [0, 0.05) is 28.8 Å². The SMILES string of the molecule is CCCNC1CCN(c2ccc(Br)cc2CC)C(C)C1. The van der Waals surface area contributed by atoms with Crippen molar-refractivity contribution >= 4 is 21.6 Å². The standard InChI is InChI=1S/C17H27BrN2/c1-4-9-19-16-8-10-20(13(3)11-16)17-7-6-15(18)12-14(17)5-2/h6-7,12-13,16,19H,4-5,8-11H2,1-3H3. The molecule has 0 aliphatic carbocycles. The van der Waals surface area contributed by atoms with Gasteiger partial charge in [0.1, 0.15) is 0 Å². The molecule has 3 heteroatoms. The smallest absolute Gasteiger partial charge is 0.0401 e. The van der Waals surface area contributed by atoms with Crippen LogP contribution in [0.5, 0.6) is 0 Å². The van der Waals surface area contributed by atoms with Crippen LogP contribution in [0.2, 0.25) is 0 Å². The zero-order valence-electron chi connectivity index (χ0n) is 13.0. The lowest BCUT2D eigenvalue weighted by atomic mass is 9.96. The Balaban J connectivity index is 2.07. The molecule has 0 saturated carbocycles. The van der Waals surface area contributed by atoms with E-state index in [0.717, 1.165) is 19.5 Å². The fourth-order valence-corrected chi connectivity index (χ4v) is 3.59. The number of rotatable bonds is 5. The van der Waals surface area contributed by atoms with Gasteiger partial charge in [0.2, 0.25) is 0 Å². The van der Waals surface area contributed by atoms with Crippen LogP contribution >= 0.6 is 15.9 Å². The number of nitrogens with zero attached hydrogens (tertiary/aromatic N) is 1. The van der Waals surface area contributed by atoms with Crippen molar-refractivity contribution < 1.29 is 0 Å². The fraction of sp³-hybridized carbons (Fsp3) is 0.647. The molecule has 2 rings (SSSR count). The second-order valence-electron chi connectivity index (χ2n) is 5.84. The van der Waals surface area contributed by atoms with Crippen LogP contribution < -0.4 is 10.2 Å². The molecule has 0 aromatic heterocycles. The van der Waals surface area contributed by atoms with Gasteiger partial charge in [-0.25, -0.2) is 0 Å². The first kappa shape index (κ1) is 15.8. The second kappa shape index (κ2) is 7.46. The van der Waals surface area contributed by atoms with E-state index in [0.29, 0.717) is 12.1 Å². The molecule has 2 unspecified atom stereocenters. The molecule has 1 saturated heterocycles. The van der Waals surface area contributed by atoms with Gasteiger partial charge >= 0.3 is 0 Å². The minimum absolute atomic E-state index is 0.615. The molecule has 1 aliphatic heterocycles. The van der Waals surface area contributed by atoms with E-state index in [1.807, 2.05) is 0 Å². The first-order valence-corrected chi connectivity index (χ1v) is 8.73. The third kappa shape index (κ3) is 3.76. The van der Waals surface area contributed by atoms with Crippen molar-refractivity contribution in [3.8, 4) is 0 Å². The lowest BCUT2D eigenvalue weighted by molar-refractivity contribution is 0.368. The topological polar surface area (TPSA) is 15.3 Å². The van der Waals surface area contributed by atoms with Gasteiger partial charge in [-0.05, 0) is 62.9 Å². The molecule has 2 atom stereocenters. The summed E-state index contributed by atoms with van der Waals surface area (Å²) in [5, 5.41) is 3.68. The average Bonchev–Trinajstić information content (AvgIpc) is 2.45. The van der Waals surface area contributed by atoms with Crippen LogP contribution in [0.3, 0.4) is 0 Å². The molecular formula is C17H27BrN2. The quantitative estimate of drug-likeness (QED) is 0.857. The van der Waals surface area contributed by atoms with Gasteiger partial charge < -0.3 is 10.2 Å². The van der Waals surface area contributed by atoms with E-state index in [4.69, 9.17) is 0 Å². The molecule has 0 spiro atoms. The summed E-state index contributed by atoms with van der Waals surface area (Å²) in [5.74, 6) is 0. The van der Waals surface area contributed by atoms with E-state index < -0.39 is 0 Å². The van der Waals surface area contributed by atoms with E-state index in [2.05, 4.69) is 65.1 Å². The average molecular weight is 339 g/mol. The molecule has 1 aliphatic rings. The minimum atomic E-state index is 0.615. The maximum absolute atomic E-state index is 3.68. The molecule has 1 N–H and O–H groups in total. The summed E-state index contributed by atoms with van der Waals surface area (Å²) in [6.45, 7) is 9.15. The molecule has 1 aromatic carbocycles. The van der Waals surface area contributed by atoms with Gasteiger partial charge in [-0.2, -0.15) is 0 Å². The summed E-state index contributed by atoms with van der Waals surface area (Å²) >= 11 is 3.59. The highest BCUT2D eigenvalue weighted by molar-refractivity contribution is 9.10. The maximum atomic E-state index is 3.68. The number of hydrogen-bond acceptors (Lipinski definition) is 2. The normalized spacial score (nSPS) is 23.1. The maximum Gasteiger partial charge on any atom is 0.0401 e. The van der Waals surface area contributed by atoms with Crippen molar-refractivity contribution in [1.29, 1.82) is 0 Å². The highest BCUT2D eigenvalue weighted by atomic mass is 79.9. The van der Waals surface area contributed by atoms with E-state index in [1.165, 1.54) is 35.0 Å². The van der Waals surface area contributed by atoms with Crippen LogP contribution in [0.4, 0.5) is 5.69 Å². The Morgan fingerprint density at radius 1 is 1.35 bits per heavy atom. The number of benzene rings is 1. The van der Waals surface area contributed by atoms with Gasteiger partial charge in [-0.1, -0.05) is 29.8 Å². The van der Waals surface area contributed by atoms with Gasteiger partial charge in [-0.3, -0.25) is 0 Å². The van der Waals surface area contributed by atoms with E-state index in [1.54, 1.807) is 0 Å². The Kier molecular flexibility index (Phi) is 5.91. The molecule has 0 bridgehead atoms. The highest BCUT2D eigenvalue weighted by Crippen LogP contribution is 2.30. The summed E-state index contributed by atoms with van der Waals surface area (Å²) in [5.41, 5.74) is 2.88. The number of halogens is 1. The number of piperidine rings is 1. The van der Waals surface area contributed by atoms with Crippen molar-refractivity contribution in [2.45, 2.75) is 58.5 Å². The summed E-state index contributed by atoms with van der Waals surface area (Å²) in [7, 11) is 0. The Morgan fingerprint density at radius 2 is 2.15 bits per heavy atom. The van der Waals surface area contributed by atoms with E-state index >= 15 is 0 Å². The monoisotopic (exact) mass is 338 g/mol. The minimum Gasteiger partial charge on any atom is -0.368 e. The predicted molar refractivity (Wildman–Crippen MR) is 91.6 cm³/mol. The molecule has 0 radical (unpaired) electrons. The van der Waals surface area contributed by atoms with Crippen LogP contribution in [-0.2, 0) is 6.42 Å². The Hall–Kier alpha value is -0.540. The lowest BCUT2D eigenvalue weighted by Crippen LogP contribution is -2.48. The van der Waals surface area contributed by atoms with Crippen LogP contribution in [0.1, 0.15) is 45.6 Å². The zero-order chi connectivity index (χ0) is 14.5.